The molecule has 0 aliphatic rings. The standard InChI is InChI=1S/C11H13ClN4O/c1-16-6-9(13)11(15-16)14-7-3-4-10(17-2)8(12)5-7/h3-6H,13H2,1-2H3,(H,14,15). The topological polar surface area (TPSA) is 65.1 Å². The molecule has 1 heterocycles. The van der Waals surface area contributed by atoms with E-state index in [0.29, 0.717) is 22.3 Å². The molecule has 0 saturated heterocycles. The van der Waals surface area contributed by atoms with Crippen LogP contribution < -0.4 is 15.8 Å². The molecule has 17 heavy (non-hydrogen) atoms. The van der Waals surface area contributed by atoms with E-state index in [1.54, 1.807) is 30.1 Å². The minimum atomic E-state index is 0.534. The molecule has 90 valence electrons. The van der Waals surface area contributed by atoms with Crippen LogP contribution in [0.2, 0.25) is 5.02 Å². The fourth-order valence-electron chi connectivity index (χ4n) is 1.48. The van der Waals surface area contributed by atoms with E-state index in [0.717, 1.165) is 5.69 Å². The summed E-state index contributed by atoms with van der Waals surface area (Å²) >= 11 is 6.02. The molecule has 0 bridgehead atoms. The van der Waals surface area contributed by atoms with Gasteiger partial charge in [0.25, 0.3) is 0 Å². The van der Waals surface area contributed by atoms with E-state index >= 15 is 0 Å². The van der Waals surface area contributed by atoms with Gasteiger partial charge in [-0.05, 0) is 18.2 Å². The molecule has 0 amide bonds. The summed E-state index contributed by atoms with van der Waals surface area (Å²) in [5.74, 6) is 1.24. The Bertz CT molecular complexity index is 538. The minimum absolute atomic E-state index is 0.534. The van der Waals surface area contributed by atoms with Crippen LogP contribution in [0.25, 0.3) is 0 Å². The number of hydrogen-bond acceptors (Lipinski definition) is 4. The number of hydrogen-bond donors (Lipinski definition) is 2. The van der Waals surface area contributed by atoms with Crippen molar-refractivity contribution in [2.24, 2.45) is 7.05 Å². The van der Waals surface area contributed by atoms with Crippen LogP contribution in [-0.2, 0) is 7.05 Å². The second-order valence-corrected chi connectivity index (χ2v) is 3.99. The van der Waals surface area contributed by atoms with Crippen molar-refractivity contribution in [2.75, 3.05) is 18.2 Å². The molecule has 6 heteroatoms. The number of anilines is 3. The first-order valence-corrected chi connectivity index (χ1v) is 5.37. The summed E-state index contributed by atoms with van der Waals surface area (Å²) in [5.41, 5.74) is 7.17. The first-order valence-electron chi connectivity index (χ1n) is 5.00. The molecule has 1 aromatic heterocycles. The van der Waals surface area contributed by atoms with E-state index in [1.807, 2.05) is 13.1 Å². The van der Waals surface area contributed by atoms with E-state index in [2.05, 4.69) is 10.4 Å². The summed E-state index contributed by atoms with van der Waals surface area (Å²) in [4.78, 5) is 0. The van der Waals surface area contributed by atoms with Crippen molar-refractivity contribution in [3.05, 3.63) is 29.4 Å². The van der Waals surface area contributed by atoms with Crippen molar-refractivity contribution in [3.63, 3.8) is 0 Å². The lowest BCUT2D eigenvalue weighted by atomic mass is 10.3. The average molecular weight is 253 g/mol. The van der Waals surface area contributed by atoms with E-state index in [4.69, 9.17) is 22.1 Å². The highest BCUT2D eigenvalue weighted by molar-refractivity contribution is 6.32. The zero-order valence-corrected chi connectivity index (χ0v) is 10.3. The highest BCUT2D eigenvalue weighted by atomic mass is 35.5. The number of halogens is 1. The zero-order chi connectivity index (χ0) is 12.4. The van der Waals surface area contributed by atoms with Gasteiger partial charge in [0.05, 0.1) is 17.8 Å². The molecule has 0 aliphatic heterocycles. The Morgan fingerprint density at radius 1 is 1.47 bits per heavy atom. The lowest BCUT2D eigenvalue weighted by Gasteiger charge is -2.07. The summed E-state index contributed by atoms with van der Waals surface area (Å²) in [6.45, 7) is 0. The van der Waals surface area contributed by atoms with Gasteiger partial charge < -0.3 is 15.8 Å². The highest BCUT2D eigenvalue weighted by Gasteiger charge is 2.06. The number of ether oxygens (including phenoxy) is 1. The number of nitrogens with zero attached hydrogens (tertiary/aromatic N) is 2. The number of nitrogens with two attached hydrogens (primary N) is 1. The molecule has 0 fully saturated rings. The summed E-state index contributed by atoms with van der Waals surface area (Å²) < 4.78 is 6.72. The molecule has 5 nitrogen and oxygen atoms in total. The van der Waals surface area contributed by atoms with Gasteiger partial charge in [-0.1, -0.05) is 11.6 Å². The minimum Gasteiger partial charge on any atom is -0.495 e. The third-order valence-corrected chi connectivity index (χ3v) is 2.57. The smallest absolute Gasteiger partial charge is 0.175 e. The van der Waals surface area contributed by atoms with Gasteiger partial charge in [-0.3, -0.25) is 4.68 Å². The molecule has 0 radical (unpaired) electrons. The molecule has 0 spiro atoms. The number of benzene rings is 1. The maximum Gasteiger partial charge on any atom is 0.175 e. The highest BCUT2D eigenvalue weighted by Crippen LogP contribution is 2.29. The predicted octanol–water partition coefficient (Wildman–Crippen LogP) is 2.41. The fourth-order valence-corrected chi connectivity index (χ4v) is 1.74. The Labute approximate surface area is 104 Å². The van der Waals surface area contributed by atoms with E-state index < -0.39 is 0 Å². The van der Waals surface area contributed by atoms with Crippen molar-refractivity contribution in [2.45, 2.75) is 0 Å². The van der Waals surface area contributed by atoms with Crippen LogP contribution in [0.3, 0.4) is 0 Å². The van der Waals surface area contributed by atoms with Crippen LogP contribution in [0.15, 0.2) is 24.4 Å². The number of rotatable bonds is 3. The normalized spacial score (nSPS) is 10.3. The lowest BCUT2D eigenvalue weighted by molar-refractivity contribution is 0.415. The van der Waals surface area contributed by atoms with Gasteiger partial charge in [-0.25, -0.2) is 0 Å². The Morgan fingerprint density at radius 3 is 2.76 bits per heavy atom. The van der Waals surface area contributed by atoms with Crippen LogP contribution >= 0.6 is 11.6 Å². The maximum absolute atomic E-state index is 6.02. The van der Waals surface area contributed by atoms with Crippen LogP contribution in [0.5, 0.6) is 5.75 Å². The largest absolute Gasteiger partial charge is 0.495 e. The van der Waals surface area contributed by atoms with Crippen LogP contribution in [0, 0.1) is 0 Å². The number of methoxy groups -OCH3 is 1. The quantitative estimate of drug-likeness (QED) is 0.881. The first kappa shape index (κ1) is 11.6. The van der Waals surface area contributed by atoms with Gasteiger partial charge in [-0.2, -0.15) is 5.10 Å². The van der Waals surface area contributed by atoms with Gasteiger partial charge in [-0.15, -0.1) is 0 Å². The molecule has 0 aliphatic carbocycles. The summed E-state index contributed by atoms with van der Waals surface area (Å²) in [6.07, 6.45) is 1.73. The molecule has 2 aromatic rings. The first-order chi connectivity index (χ1) is 8.10. The molecule has 2 rings (SSSR count). The Balaban J connectivity index is 2.24. The maximum atomic E-state index is 6.02. The SMILES string of the molecule is COc1ccc(Nc2nn(C)cc2N)cc1Cl. The van der Waals surface area contributed by atoms with Crippen LogP contribution in [-0.4, -0.2) is 16.9 Å². The number of nitrogen functional groups attached to an aromatic ring is 1. The summed E-state index contributed by atoms with van der Waals surface area (Å²) in [6, 6.07) is 5.39. The average Bonchev–Trinajstić information content (AvgIpc) is 2.58. The molecular formula is C11H13ClN4O. The van der Waals surface area contributed by atoms with Gasteiger partial charge in [0.15, 0.2) is 5.82 Å². The Morgan fingerprint density at radius 2 is 2.24 bits per heavy atom. The Kier molecular flexibility index (Phi) is 3.10. The zero-order valence-electron chi connectivity index (χ0n) is 9.57. The molecular weight excluding hydrogens is 240 g/mol. The molecule has 3 N–H and O–H groups in total. The monoisotopic (exact) mass is 252 g/mol. The third-order valence-electron chi connectivity index (χ3n) is 2.27. The number of nitrogens with one attached hydrogen (secondary N) is 1. The molecule has 0 saturated carbocycles. The number of aryl methyl sites for hydroxylation is 1. The van der Waals surface area contributed by atoms with E-state index in [1.165, 1.54) is 0 Å². The molecule has 1 aromatic carbocycles. The van der Waals surface area contributed by atoms with Crippen molar-refractivity contribution < 1.29 is 4.74 Å². The molecule has 0 unspecified atom stereocenters. The van der Waals surface area contributed by atoms with E-state index in [-0.39, 0.29) is 0 Å². The van der Waals surface area contributed by atoms with Crippen LogP contribution in [0.1, 0.15) is 0 Å². The fraction of sp³-hybridized carbons (Fsp3) is 0.182. The van der Waals surface area contributed by atoms with Gasteiger partial charge in [0, 0.05) is 18.9 Å². The second kappa shape index (κ2) is 4.55. The van der Waals surface area contributed by atoms with Gasteiger partial charge in [0.1, 0.15) is 5.75 Å². The lowest BCUT2D eigenvalue weighted by Crippen LogP contribution is -1.96. The van der Waals surface area contributed by atoms with Gasteiger partial charge >= 0.3 is 0 Å². The third kappa shape index (κ3) is 2.45. The van der Waals surface area contributed by atoms with Crippen molar-refractivity contribution in [3.8, 4) is 5.75 Å². The van der Waals surface area contributed by atoms with Crippen molar-refractivity contribution >= 4 is 28.8 Å². The summed E-state index contributed by atoms with van der Waals surface area (Å²) in [7, 11) is 3.38. The number of aromatic nitrogens is 2. The summed E-state index contributed by atoms with van der Waals surface area (Å²) in [5, 5.41) is 7.81. The van der Waals surface area contributed by atoms with Crippen molar-refractivity contribution in [1.29, 1.82) is 0 Å². The van der Waals surface area contributed by atoms with Gasteiger partial charge in [0.2, 0.25) is 0 Å². The predicted molar refractivity (Wildman–Crippen MR) is 68.9 cm³/mol. The second-order valence-electron chi connectivity index (χ2n) is 3.58. The Hall–Kier alpha value is -1.88. The van der Waals surface area contributed by atoms with Crippen molar-refractivity contribution in [1.82, 2.24) is 9.78 Å². The van der Waals surface area contributed by atoms with E-state index in [9.17, 15) is 0 Å². The molecule has 0 atom stereocenters. The van der Waals surface area contributed by atoms with Crippen LogP contribution in [0.4, 0.5) is 17.2 Å².